The van der Waals surface area contributed by atoms with Crippen LogP contribution in [-0.2, 0) is 45.0 Å². The van der Waals surface area contributed by atoms with Gasteiger partial charge in [-0.3, -0.25) is 53.6 Å². The summed E-state index contributed by atoms with van der Waals surface area (Å²) >= 11 is 0. The van der Waals surface area contributed by atoms with Gasteiger partial charge in [-0.15, -0.1) is 0 Å². The molecule has 7 saturated heterocycles. The van der Waals surface area contributed by atoms with Gasteiger partial charge in [0, 0.05) is 153 Å². The molecule has 3 aromatic carbocycles. The number of aromatic nitrogens is 12. The summed E-state index contributed by atoms with van der Waals surface area (Å²) in [6.07, 6.45) is 32.2. The Hall–Kier alpha value is -12.7. The average Bonchev–Trinajstić information content (AvgIpc) is 1.55. The van der Waals surface area contributed by atoms with Crippen LogP contribution in [0, 0.1) is 29.3 Å². The summed E-state index contributed by atoms with van der Waals surface area (Å²) in [5, 5.41) is 20.1. The van der Waals surface area contributed by atoms with E-state index in [2.05, 4.69) is 174 Å². The number of hydrogen-bond donors (Lipinski definition) is 4. The van der Waals surface area contributed by atoms with Crippen molar-refractivity contribution in [2.24, 2.45) is 11.8 Å². The molecule has 34 heteroatoms. The number of carbonyl (C=O) groups excluding carboxylic acids is 5. The zero-order valence-corrected chi connectivity index (χ0v) is 88.0. The summed E-state index contributed by atoms with van der Waals surface area (Å²) in [5.74, 6) is 1.88. The van der Waals surface area contributed by atoms with Gasteiger partial charge in [-0.25, -0.2) is 43.1 Å². The number of imidazole rings is 3. The first-order valence-electron chi connectivity index (χ1n) is 54.9. The van der Waals surface area contributed by atoms with Crippen molar-refractivity contribution < 1.29 is 47.0 Å². The quantitative estimate of drug-likeness (QED) is 0.0551. The van der Waals surface area contributed by atoms with Gasteiger partial charge in [0.05, 0.1) is 124 Å². The second-order valence-corrected chi connectivity index (χ2v) is 46.3. The molecule has 0 radical (unpaired) electrons. The number of benzene rings is 3. The highest BCUT2D eigenvalue weighted by Crippen LogP contribution is 2.58. The minimum absolute atomic E-state index is 0.0581. The largest absolute Gasteiger partial charge is 0.381 e. The Kier molecular flexibility index (Phi) is 26.9. The molecule has 9 aromatic heterocycles. The van der Waals surface area contributed by atoms with Crippen molar-refractivity contribution in [3.8, 4) is 33.8 Å². The van der Waals surface area contributed by atoms with Crippen LogP contribution in [0.25, 0.3) is 66.9 Å². The van der Waals surface area contributed by atoms with Crippen LogP contribution in [0.1, 0.15) is 233 Å². The molecule has 31 nitrogen and oxygen atoms in total. The number of hydrogen-bond acceptors (Lipinski definition) is 23. The van der Waals surface area contributed by atoms with Crippen LogP contribution in [0.4, 0.5) is 64.7 Å². The number of pyridine rings is 6. The van der Waals surface area contributed by atoms with Crippen molar-refractivity contribution in [2.75, 3.05) is 122 Å². The van der Waals surface area contributed by atoms with Crippen molar-refractivity contribution in [3.05, 3.63) is 181 Å². The molecule has 25 rings (SSSR count). The molecule has 10 aliphatic heterocycles. The number of fused-ring (bicyclic) bond motifs is 9. The summed E-state index contributed by atoms with van der Waals surface area (Å²) in [6, 6.07) is 32.5. The zero-order valence-electron chi connectivity index (χ0n) is 88.0. The van der Waals surface area contributed by atoms with Crippen molar-refractivity contribution in [3.63, 3.8) is 0 Å². The molecule has 4 N–H and O–H groups in total. The van der Waals surface area contributed by atoms with Crippen LogP contribution in [0.2, 0.25) is 0 Å². The van der Waals surface area contributed by atoms with E-state index < -0.39 is 39.3 Å². The Bertz CT molecular complexity index is 7170. The molecule has 786 valence electrons. The fraction of sp³-hybridized carbons (Fsp3) is 0.517. The molecule has 19 heterocycles. The molecule has 0 bridgehead atoms. The molecular weight excluding hydrogens is 1900 g/mol. The van der Waals surface area contributed by atoms with Crippen LogP contribution in [0.15, 0.2) is 147 Å². The highest BCUT2D eigenvalue weighted by atomic mass is 19.1. The Morgan fingerprint density at radius 3 is 1.05 bits per heavy atom. The normalized spacial score (nSPS) is 23.8. The predicted octanol–water partition coefficient (Wildman–Crippen LogP) is 18.7. The number of carbonyl (C=O) groups is 5. The Balaban J connectivity index is 0.000000123. The maximum absolute atomic E-state index is 14.8. The van der Waals surface area contributed by atoms with Gasteiger partial charge in [0.1, 0.15) is 22.2 Å². The molecule has 5 amide bonds. The van der Waals surface area contributed by atoms with E-state index >= 15 is 0 Å². The fourth-order valence-electron chi connectivity index (χ4n) is 26.6. The maximum atomic E-state index is 14.8. The minimum atomic E-state index is -1.46. The Labute approximate surface area is 874 Å². The molecule has 150 heavy (non-hydrogen) atoms. The smallest absolute Gasteiger partial charge is 0.253 e. The lowest BCUT2D eigenvalue weighted by Crippen LogP contribution is -2.60. The van der Waals surface area contributed by atoms with E-state index in [0.29, 0.717) is 116 Å². The molecule has 2 atom stereocenters. The van der Waals surface area contributed by atoms with Gasteiger partial charge in [0.15, 0.2) is 34.9 Å². The van der Waals surface area contributed by atoms with Crippen molar-refractivity contribution in [1.29, 1.82) is 0 Å². The van der Waals surface area contributed by atoms with Crippen molar-refractivity contribution in [1.82, 2.24) is 88.0 Å². The highest BCUT2D eigenvalue weighted by Gasteiger charge is 2.61. The van der Waals surface area contributed by atoms with Gasteiger partial charge in [-0.1, -0.05) is 56.7 Å². The Morgan fingerprint density at radius 2 is 0.740 bits per heavy atom. The van der Waals surface area contributed by atoms with Crippen LogP contribution in [0.3, 0.4) is 0 Å². The average molecular weight is 2040 g/mol. The van der Waals surface area contributed by atoms with Crippen molar-refractivity contribution in [2.45, 2.75) is 280 Å². The van der Waals surface area contributed by atoms with Crippen LogP contribution < -0.4 is 30.7 Å². The number of rotatable bonds is 20. The van der Waals surface area contributed by atoms with E-state index in [4.69, 9.17) is 34.6 Å². The van der Waals surface area contributed by atoms with Gasteiger partial charge >= 0.3 is 0 Å². The number of amides is 5. The van der Waals surface area contributed by atoms with E-state index in [0.717, 1.165) is 206 Å². The summed E-state index contributed by atoms with van der Waals surface area (Å²) in [7, 11) is 0. The predicted molar refractivity (Wildman–Crippen MR) is 575 cm³/mol. The molecule has 3 aliphatic carbocycles. The SMILES string of the molecule is CC(=O)N1CCC2(CC1)C(=O)N(C1CC(N3CCC[C@@H](C)C3)C1)c1cc(-c3cc4ncn(C(C)C)c4c(Nc4ccncc4F)n3)ccc12.CC(C)n1cnc2cc(-c3ccc4c(c3)N(C3CC(N5CCCCC5)C3)C(=O)C43CCN(C(=O)C(C)(C)O)CC3)nc(Nc3ccncc3F)c21.CC(C)n1cnc2cc(-c3ccc4c(c3)N(C3CC(N5CCC[C@@H](C)C5)C3)C(=O)C43CCN(C4COC4)CC3)nc(Nc3ccncc3F)c21. The second kappa shape index (κ2) is 40.1. The zero-order chi connectivity index (χ0) is 104. The molecule has 13 aliphatic rings. The number of piperidine rings is 6. The molecule has 0 unspecified atom stereocenters. The summed E-state index contributed by atoms with van der Waals surface area (Å²) in [6.45, 7) is 34.0. The summed E-state index contributed by atoms with van der Waals surface area (Å²) in [5.41, 5.74) is 13.0. The Morgan fingerprint density at radius 1 is 0.413 bits per heavy atom. The van der Waals surface area contributed by atoms with E-state index in [1.165, 1.54) is 90.1 Å². The molecule has 12 aromatic rings. The number of anilines is 9. The number of likely N-dealkylation sites (tertiary alicyclic amines) is 6. The lowest BCUT2D eigenvalue weighted by molar-refractivity contribution is -0.150. The maximum Gasteiger partial charge on any atom is 0.253 e. The topological polar surface area (TPSA) is 311 Å². The first-order valence-corrected chi connectivity index (χ1v) is 54.9. The third-order valence-corrected chi connectivity index (χ3v) is 35.4. The third kappa shape index (κ3) is 18.2. The van der Waals surface area contributed by atoms with Gasteiger partial charge in [-0.05, 0) is 293 Å². The van der Waals surface area contributed by atoms with Gasteiger partial charge < -0.3 is 68.9 Å². The van der Waals surface area contributed by atoms with Crippen LogP contribution in [-0.4, -0.2) is 262 Å². The minimum Gasteiger partial charge on any atom is -0.381 e. The number of nitrogens with one attached hydrogen (secondary N) is 3. The summed E-state index contributed by atoms with van der Waals surface area (Å²) < 4.78 is 56.1. The lowest BCUT2D eigenvalue weighted by atomic mass is 9.73. The molecular formula is C116H139F3N24O7. The standard InChI is InChI=1S/C39H47FN8O3.C39H47FN8O2.C38H45FN8O2/c1-24(2)47-23-42-32-21-31(44-35(34(32)47)43-30-10-13-41-22-29(30)40)25-8-9-28-33(18-25)48(27-19-26(20-27)45-14-6-5-7-15-45)37(50)39(28)11-16-46(17-12-39)36(49)38(3,4)51;1-24(2)47-23-42-34-18-33(44-37(36(34)47)43-32-8-11-41-19-31(32)40)26-6-7-30-35(15-26)48(28-16-27(17-28)46-12-4-5-25(3)20-46)38(49)39(30)9-13-45(14-10-39)29-21-50-22-29;1-23(2)46-22-41-33-19-32(43-36(35(33)46)42-31-9-12-40-20-30(31)39)26-7-8-29-34(16-26)47(28-17-27(18-28)45-13-5-6-24(3)21-45)37(49)38(29)10-14-44(15-11-38)25(4)48/h8-10,13,18,21-24,26-27,51H,5-7,11-12,14-17,19-20H2,1-4H3,(H,41,43,44);6-8,11,15,18-19,23-25,27-29H,4-5,9-10,12-14,16-17,20-22H2,1-3H3,(H,41,43,44);7-9,12,16,19-20,22-24,27-28H,5-6,10-11,13-15,17-18,21H2,1-4H3,(H,40,42,43)/t;25-,27?,28?;24-,27?,28?/m.11/s1. The number of nitrogens with zero attached hydrogens (tertiary/aromatic N) is 21. The first kappa shape index (κ1) is 100. The third-order valence-electron chi connectivity index (χ3n) is 35.4. The highest BCUT2D eigenvalue weighted by molar-refractivity contribution is 6.12. The fourth-order valence-corrected chi connectivity index (χ4v) is 26.6. The molecule has 3 spiro atoms. The number of ether oxygens (including phenoxy) is 1. The van der Waals surface area contributed by atoms with E-state index in [9.17, 15) is 42.3 Å². The van der Waals surface area contributed by atoms with Crippen LogP contribution in [0.5, 0.6) is 0 Å². The number of halogens is 3. The van der Waals surface area contributed by atoms with Gasteiger partial charge in [0.2, 0.25) is 23.6 Å². The van der Waals surface area contributed by atoms with E-state index in [-0.39, 0.29) is 77.2 Å². The van der Waals surface area contributed by atoms with E-state index in [1.807, 2.05) is 44.6 Å². The molecule has 10 fully saturated rings. The lowest BCUT2D eigenvalue weighted by Gasteiger charge is -2.49. The second-order valence-electron chi connectivity index (χ2n) is 46.3. The van der Waals surface area contributed by atoms with Crippen LogP contribution >= 0.6 is 0 Å². The number of aliphatic hydroxyl groups is 1. The summed E-state index contributed by atoms with van der Waals surface area (Å²) in [4.78, 5) is 131. The van der Waals surface area contributed by atoms with Gasteiger partial charge in [-0.2, -0.15) is 0 Å². The van der Waals surface area contributed by atoms with Crippen molar-refractivity contribution >= 4 is 114 Å². The monoisotopic (exact) mass is 2040 g/mol. The van der Waals surface area contributed by atoms with E-state index in [1.54, 1.807) is 55.1 Å². The van der Waals surface area contributed by atoms with Gasteiger partial charge in [0.25, 0.3) is 5.91 Å². The first-order chi connectivity index (χ1) is 72.4. The molecule has 3 saturated carbocycles.